The molecule has 2 aliphatic rings. The third-order valence-electron chi connectivity index (χ3n) is 4.57. The molecule has 2 rings (SSSR count). The van der Waals surface area contributed by atoms with Crippen LogP contribution in [0.25, 0.3) is 0 Å². The van der Waals surface area contributed by atoms with Crippen molar-refractivity contribution in [3.8, 4) is 0 Å². The van der Waals surface area contributed by atoms with Gasteiger partial charge < -0.3 is 9.64 Å². The molecule has 2 heteroatoms. The Kier molecular flexibility index (Phi) is 4.26. The predicted octanol–water partition coefficient (Wildman–Crippen LogP) is 2.93. The number of hydrogen-bond acceptors (Lipinski definition) is 2. The van der Waals surface area contributed by atoms with Gasteiger partial charge in [-0.3, -0.25) is 0 Å². The molecular formula is C14H27NO. The van der Waals surface area contributed by atoms with E-state index in [1.165, 1.54) is 51.7 Å². The molecule has 0 aromatic rings. The van der Waals surface area contributed by atoms with E-state index >= 15 is 0 Å². The second-order valence-electron chi connectivity index (χ2n) is 5.98. The summed E-state index contributed by atoms with van der Waals surface area (Å²) in [6.45, 7) is 10.6. The fourth-order valence-corrected chi connectivity index (χ4v) is 3.06. The van der Waals surface area contributed by atoms with Crippen molar-refractivity contribution in [3.05, 3.63) is 0 Å². The molecule has 0 amide bonds. The summed E-state index contributed by atoms with van der Waals surface area (Å²) in [7, 11) is 0. The van der Waals surface area contributed by atoms with Crippen molar-refractivity contribution in [1.29, 1.82) is 0 Å². The van der Waals surface area contributed by atoms with Crippen molar-refractivity contribution in [2.24, 2.45) is 11.3 Å². The van der Waals surface area contributed by atoms with Gasteiger partial charge in [-0.25, -0.2) is 0 Å². The molecule has 0 radical (unpaired) electrons. The summed E-state index contributed by atoms with van der Waals surface area (Å²) in [4.78, 5) is 2.66. The summed E-state index contributed by atoms with van der Waals surface area (Å²) in [6.07, 6.45) is 6.78. The van der Waals surface area contributed by atoms with E-state index in [-0.39, 0.29) is 0 Å². The molecule has 2 aliphatic heterocycles. The Morgan fingerprint density at radius 2 is 2.25 bits per heavy atom. The molecule has 2 fully saturated rings. The molecule has 0 aromatic carbocycles. The Labute approximate surface area is 100 Å². The highest BCUT2D eigenvalue weighted by molar-refractivity contribution is 4.92. The van der Waals surface area contributed by atoms with Crippen LogP contribution in [0.15, 0.2) is 0 Å². The first kappa shape index (κ1) is 12.4. The minimum atomic E-state index is 0.552. The van der Waals surface area contributed by atoms with Crippen molar-refractivity contribution < 1.29 is 4.74 Å². The number of ether oxygens (including phenoxy) is 1. The molecule has 2 atom stereocenters. The van der Waals surface area contributed by atoms with Crippen LogP contribution >= 0.6 is 0 Å². The summed E-state index contributed by atoms with van der Waals surface area (Å²) in [5, 5.41) is 0. The number of rotatable bonds is 5. The van der Waals surface area contributed by atoms with Crippen LogP contribution in [0.3, 0.4) is 0 Å². The fraction of sp³-hybridized carbons (Fsp3) is 1.00. The lowest BCUT2D eigenvalue weighted by Crippen LogP contribution is -2.28. The molecule has 1 spiro atoms. The van der Waals surface area contributed by atoms with Crippen LogP contribution in [-0.2, 0) is 4.74 Å². The van der Waals surface area contributed by atoms with Crippen LogP contribution in [0.2, 0.25) is 0 Å². The van der Waals surface area contributed by atoms with E-state index in [4.69, 9.17) is 4.74 Å². The lowest BCUT2D eigenvalue weighted by molar-refractivity contribution is 0.152. The van der Waals surface area contributed by atoms with Crippen LogP contribution in [0, 0.1) is 11.3 Å². The molecular weight excluding hydrogens is 198 g/mol. The first-order valence-electron chi connectivity index (χ1n) is 7.04. The zero-order chi connectivity index (χ0) is 11.4. The van der Waals surface area contributed by atoms with E-state index in [1.807, 2.05) is 0 Å². The van der Waals surface area contributed by atoms with Gasteiger partial charge in [0.05, 0.1) is 6.61 Å². The first-order chi connectivity index (χ1) is 7.74. The highest BCUT2D eigenvalue weighted by Crippen LogP contribution is 2.38. The maximum Gasteiger partial charge on any atom is 0.0536 e. The minimum absolute atomic E-state index is 0.552. The normalized spacial score (nSPS) is 32.6. The highest BCUT2D eigenvalue weighted by Gasteiger charge is 2.40. The van der Waals surface area contributed by atoms with Crippen LogP contribution in [0.5, 0.6) is 0 Å². The Bertz CT molecular complexity index is 211. The Morgan fingerprint density at radius 1 is 1.38 bits per heavy atom. The third kappa shape index (κ3) is 2.98. The van der Waals surface area contributed by atoms with Crippen molar-refractivity contribution in [1.82, 2.24) is 4.90 Å². The second-order valence-corrected chi connectivity index (χ2v) is 5.98. The van der Waals surface area contributed by atoms with Crippen LogP contribution < -0.4 is 0 Å². The molecule has 2 saturated heterocycles. The van der Waals surface area contributed by atoms with Gasteiger partial charge in [0.15, 0.2) is 0 Å². The average molecular weight is 225 g/mol. The maximum atomic E-state index is 5.56. The summed E-state index contributed by atoms with van der Waals surface area (Å²) < 4.78 is 5.56. The number of likely N-dealkylation sites (tertiary alicyclic amines) is 1. The van der Waals surface area contributed by atoms with E-state index < -0.39 is 0 Å². The quantitative estimate of drug-likeness (QED) is 0.713. The third-order valence-corrected chi connectivity index (χ3v) is 4.57. The Morgan fingerprint density at radius 3 is 2.94 bits per heavy atom. The predicted molar refractivity (Wildman–Crippen MR) is 67.6 cm³/mol. The Balaban J connectivity index is 1.65. The first-order valence-corrected chi connectivity index (χ1v) is 7.04. The smallest absolute Gasteiger partial charge is 0.0536 e. The zero-order valence-corrected chi connectivity index (χ0v) is 11.0. The standard InChI is InChI=1S/C14H27NO/c1-3-13(2)5-4-8-15-9-6-14(11-15)7-10-16-12-14/h13H,3-12H2,1-2H3. The molecule has 0 bridgehead atoms. The summed E-state index contributed by atoms with van der Waals surface area (Å²) >= 11 is 0. The molecule has 0 aliphatic carbocycles. The number of nitrogens with zero attached hydrogens (tertiary/aromatic N) is 1. The minimum Gasteiger partial charge on any atom is -0.381 e. The highest BCUT2D eigenvalue weighted by atomic mass is 16.5. The average Bonchev–Trinajstić information content (AvgIpc) is 2.90. The topological polar surface area (TPSA) is 12.5 Å². The maximum absolute atomic E-state index is 5.56. The molecule has 2 heterocycles. The number of hydrogen-bond donors (Lipinski definition) is 0. The zero-order valence-electron chi connectivity index (χ0n) is 11.0. The summed E-state index contributed by atoms with van der Waals surface area (Å²) in [6, 6.07) is 0. The lowest BCUT2D eigenvalue weighted by atomic mass is 9.87. The van der Waals surface area contributed by atoms with Crippen LogP contribution in [-0.4, -0.2) is 37.7 Å². The second kappa shape index (κ2) is 5.50. The SMILES string of the molecule is CCC(C)CCCN1CCC2(CCOC2)C1. The van der Waals surface area contributed by atoms with Gasteiger partial charge in [-0.2, -0.15) is 0 Å². The Hall–Kier alpha value is -0.0800. The lowest BCUT2D eigenvalue weighted by Gasteiger charge is -2.22. The van der Waals surface area contributed by atoms with E-state index in [9.17, 15) is 0 Å². The van der Waals surface area contributed by atoms with E-state index in [0.29, 0.717) is 5.41 Å². The van der Waals surface area contributed by atoms with Gasteiger partial charge in [0.2, 0.25) is 0 Å². The molecule has 2 unspecified atom stereocenters. The monoisotopic (exact) mass is 225 g/mol. The molecule has 94 valence electrons. The van der Waals surface area contributed by atoms with E-state index in [1.54, 1.807) is 0 Å². The van der Waals surface area contributed by atoms with Crippen LogP contribution in [0.1, 0.15) is 46.0 Å². The van der Waals surface area contributed by atoms with Crippen molar-refractivity contribution in [3.63, 3.8) is 0 Å². The van der Waals surface area contributed by atoms with E-state index in [0.717, 1.165) is 19.1 Å². The molecule has 16 heavy (non-hydrogen) atoms. The fourth-order valence-electron chi connectivity index (χ4n) is 3.06. The molecule has 0 N–H and O–H groups in total. The molecule has 2 nitrogen and oxygen atoms in total. The molecule has 0 saturated carbocycles. The van der Waals surface area contributed by atoms with Crippen molar-refractivity contribution in [2.45, 2.75) is 46.0 Å². The van der Waals surface area contributed by atoms with Gasteiger partial charge in [0.25, 0.3) is 0 Å². The van der Waals surface area contributed by atoms with Gasteiger partial charge in [-0.1, -0.05) is 20.3 Å². The summed E-state index contributed by atoms with van der Waals surface area (Å²) in [5.74, 6) is 0.909. The largest absolute Gasteiger partial charge is 0.381 e. The summed E-state index contributed by atoms with van der Waals surface area (Å²) in [5.41, 5.74) is 0.552. The molecule has 0 aromatic heterocycles. The van der Waals surface area contributed by atoms with Gasteiger partial charge in [-0.05, 0) is 44.7 Å². The van der Waals surface area contributed by atoms with E-state index in [2.05, 4.69) is 18.7 Å². The van der Waals surface area contributed by atoms with Crippen molar-refractivity contribution >= 4 is 0 Å². The van der Waals surface area contributed by atoms with Gasteiger partial charge in [0, 0.05) is 18.6 Å². The van der Waals surface area contributed by atoms with Crippen molar-refractivity contribution in [2.75, 3.05) is 32.8 Å². The van der Waals surface area contributed by atoms with Gasteiger partial charge >= 0.3 is 0 Å². The van der Waals surface area contributed by atoms with Crippen LogP contribution in [0.4, 0.5) is 0 Å². The van der Waals surface area contributed by atoms with Gasteiger partial charge in [0.1, 0.15) is 0 Å². The van der Waals surface area contributed by atoms with Gasteiger partial charge in [-0.15, -0.1) is 0 Å².